The molecule has 1 aromatic carbocycles. The van der Waals surface area contributed by atoms with E-state index in [1.54, 1.807) is 0 Å². The monoisotopic (exact) mass is 301 g/mol. The number of rotatable bonds is 5. The first kappa shape index (κ1) is 14.6. The third-order valence-corrected chi connectivity index (χ3v) is 3.68. The molecule has 2 rings (SSSR count). The van der Waals surface area contributed by atoms with E-state index in [9.17, 15) is 18.0 Å². The lowest BCUT2D eigenvalue weighted by atomic mass is 10.1. The van der Waals surface area contributed by atoms with Gasteiger partial charge in [-0.3, -0.25) is 9.59 Å². The summed E-state index contributed by atoms with van der Waals surface area (Å²) in [5, 5.41) is 17.7. The highest BCUT2D eigenvalue weighted by atomic mass is 32.2. The van der Waals surface area contributed by atoms with Gasteiger partial charge in [0.05, 0.1) is 24.3 Å². The molecule has 0 saturated carbocycles. The predicted molar refractivity (Wildman–Crippen MR) is 64.8 cm³/mol. The Hall–Kier alpha value is -1.81. The Balaban J connectivity index is 2.33. The van der Waals surface area contributed by atoms with Gasteiger partial charge in [0.15, 0.2) is 0 Å². The van der Waals surface area contributed by atoms with Crippen molar-refractivity contribution in [2.75, 3.05) is 12.4 Å². The van der Waals surface area contributed by atoms with E-state index in [1.165, 1.54) is 18.2 Å². The van der Waals surface area contributed by atoms with E-state index < -0.39 is 34.3 Å². The molecule has 1 heterocycles. The molecule has 20 heavy (non-hydrogen) atoms. The molecule has 0 atom stereocenters. The van der Waals surface area contributed by atoms with Gasteiger partial charge < -0.3 is 10.2 Å². The summed E-state index contributed by atoms with van der Waals surface area (Å²) in [7, 11) is -4.23. The summed E-state index contributed by atoms with van der Waals surface area (Å²) in [6, 6.07) is 4.04. The molecule has 0 bridgehead atoms. The summed E-state index contributed by atoms with van der Waals surface area (Å²) in [5.41, 5.74) is 0.358. The van der Waals surface area contributed by atoms with Crippen LogP contribution in [0, 0.1) is 0 Å². The third kappa shape index (κ3) is 2.56. The Bertz CT molecular complexity index is 667. The van der Waals surface area contributed by atoms with Crippen LogP contribution in [0.1, 0.15) is 26.3 Å². The third-order valence-electron chi connectivity index (χ3n) is 2.63. The Labute approximate surface area is 114 Å². The maximum atomic E-state index is 11.9. The van der Waals surface area contributed by atoms with Crippen LogP contribution in [0.4, 0.5) is 0 Å². The number of hydrogen-bond acceptors (Lipinski definition) is 7. The molecule has 1 aliphatic rings. The van der Waals surface area contributed by atoms with Gasteiger partial charge >= 0.3 is 0 Å². The molecule has 0 aromatic heterocycles. The molecule has 2 amide bonds. The van der Waals surface area contributed by atoms with Gasteiger partial charge in [0.25, 0.3) is 21.9 Å². The first-order valence-corrected chi connectivity index (χ1v) is 7.13. The maximum absolute atomic E-state index is 11.9. The molecule has 1 aliphatic heterocycles. The van der Waals surface area contributed by atoms with Gasteiger partial charge in [-0.15, -0.1) is 9.35 Å². The van der Waals surface area contributed by atoms with E-state index in [1.807, 2.05) is 0 Å². The number of fused-ring (bicyclic) bond motifs is 1. The summed E-state index contributed by atoms with van der Waals surface area (Å²) in [6.07, 6.45) is 0. The molecule has 0 fully saturated rings. The maximum Gasteiger partial charge on any atom is 0.290 e. The minimum Gasteiger partial charge on any atom is -0.395 e. The fourth-order valence-electron chi connectivity index (χ4n) is 1.69. The molecular formula is C11H11NO7S. The number of carbonyl (C=O) groups is 2. The van der Waals surface area contributed by atoms with Crippen molar-refractivity contribution in [2.45, 2.75) is 6.61 Å². The lowest BCUT2D eigenvalue weighted by Crippen LogP contribution is -2.34. The van der Waals surface area contributed by atoms with Crippen molar-refractivity contribution in [2.24, 2.45) is 0 Å². The van der Waals surface area contributed by atoms with Gasteiger partial charge in [-0.1, -0.05) is 6.07 Å². The number of hydrogen-bond donors (Lipinski definition) is 2. The summed E-state index contributed by atoms with van der Waals surface area (Å²) < 4.78 is 27.2. The first-order valence-electron chi connectivity index (χ1n) is 5.55. The topological polar surface area (TPSA) is 121 Å². The van der Waals surface area contributed by atoms with Crippen molar-refractivity contribution in [1.29, 1.82) is 0 Å². The normalized spacial score (nSPS) is 14.8. The van der Waals surface area contributed by atoms with Crippen LogP contribution < -0.4 is 0 Å². The number of aliphatic hydroxyl groups excluding tert-OH is 2. The molecule has 0 radical (unpaired) electrons. The van der Waals surface area contributed by atoms with Crippen molar-refractivity contribution < 1.29 is 32.5 Å². The van der Waals surface area contributed by atoms with Crippen molar-refractivity contribution in [3.05, 3.63) is 34.9 Å². The van der Waals surface area contributed by atoms with Crippen molar-refractivity contribution in [1.82, 2.24) is 5.06 Å². The molecule has 0 saturated heterocycles. The Morgan fingerprint density at radius 3 is 2.35 bits per heavy atom. The molecule has 2 N–H and O–H groups in total. The Morgan fingerprint density at radius 2 is 1.75 bits per heavy atom. The second-order valence-electron chi connectivity index (χ2n) is 4.00. The van der Waals surface area contributed by atoms with Gasteiger partial charge in [0.2, 0.25) is 0 Å². The van der Waals surface area contributed by atoms with E-state index in [4.69, 9.17) is 10.2 Å². The number of amides is 2. The fourth-order valence-corrected chi connectivity index (χ4v) is 2.36. The highest BCUT2D eigenvalue weighted by molar-refractivity contribution is 7.86. The van der Waals surface area contributed by atoms with E-state index in [0.717, 1.165) is 0 Å². The van der Waals surface area contributed by atoms with Gasteiger partial charge in [-0.05, 0) is 17.7 Å². The van der Waals surface area contributed by atoms with E-state index >= 15 is 0 Å². The number of carbonyl (C=O) groups excluding carboxylic acids is 2. The van der Waals surface area contributed by atoms with Crippen LogP contribution >= 0.6 is 0 Å². The van der Waals surface area contributed by atoms with Gasteiger partial charge in [-0.2, -0.15) is 8.42 Å². The average molecular weight is 301 g/mol. The highest BCUT2D eigenvalue weighted by Gasteiger charge is 2.39. The number of imide groups is 1. The molecule has 9 heteroatoms. The van der Waals surface area contributed by atoms with Crippen LogP contribution in [-0.2, 0) is 21.0 Å². The van der Waals surface area contributed by atoms with E-state index in [0.29, 0.717) is 5.56 Å². The highest BCUT2D eigenvalue weighted by Crippen LogP contribution is 2.25. The SMILES string of the molecule is O=C1c2ccc(CO)cc2C(=O)N1OS(=O)(=O)CCO. The van der Waals surface area contributed by atoms with Crippen molar-refractivity contribution >= 4 is 21.9 Å². The smallest absolute Gasteiger partial charge is 0.290 e. The molecule has 1 aromatic rings. The summed E-state index contributed by atoms with van der Waals surface area (Å²) in [5.74, 6) is -2.57. The largest absolute Gasteiger partial charge is 0.395 e. The number of aliphatic hydroxyl groups is 2. The van der Waals surface area contributed by atoms with Crippen LogP contribution in [0.15, 0.2) is 18.2 Å². The van der Waals surface area contributed by atoms with Gasteiger partial charge in [0, 0.05) is 0 Å². The van der Waals surface area contributed by atoms with Gasteiger partial charge in [-0.25, -0.2) is 0 Å². The van der Waals surface area contributed by atoms with Crippen molar-refractivity contribution in [3.8, 4) is 0 Å². The number of hydroxylamine groups is 2. The van der Waals surface area contributed by atoms with Crippen LogP contribution in [-0.4, -0.2) is 47.9 Å². The van der Waals surface area contributed by atoms with Gasteiger partial charge in [0.1, 0.15) is 5.75 Å². The molecule has 108 valence electrons. The van der Waals surface area contributed by atoms with E-state index in [2.05, 4.69) is 4.28 Å². The lowest BCUT2D eigenvalue weighted by Gasteiger charge is -2.11. The van der Waals surface area contributed by atoms with Crippen LogP contribution in [0.3, 0.4) is 0 Å². The molecule has 8 nitrogen and oxygen atoms in total. The number of benzene rings is 1. The Morgan fingerprint density at radius 1 is 1.10 bits per heavy atom. The fraction of sp³-hybridized carbons (Fsp3) is 0.273. The zero-order valence-corrected chi connectivity index (χ0v) is 11.0. The standard InChI is InChI=1S/C11H11NO7S/c13-3-4-20(17,18)19-12-10(15)8-2-1-7(6-14)5-9(8)11(12)16/h1-2,5,13-14H,3-4,6H2. The Kier molecular flexibility index (Phi) is 3.86. The predicted octanol–water partition coefficient (Wildman–Crippen LogP) is -0.971. The summed E-state index contributed by atoms with van der Waals surface area (Å²) in [6.45, 7) is -1.02. The van der Waals surface area contributed by atoms with Crippen LogP contribution in [0.5, 0.6) is 0 Å². The molecule has 0 unspecified atom stereocenters. The van der Waals surface area contributed by atoms with Crippen LogP contribution in [0.2, 0.25) is 0 Å². The quantitative estimate of drug-likeness (QED) is 0.671. The average Bonchev–Trinajstić information content (AvgIpc) is 2.63. The zero-order valence-electron chi connectivity index (χ0n) is 10.1. The minimum absolute atomic E-state index is 0.00796. The molecule has 0 spiro atoms. The second kappa shape index (κ2) is 5.29. The molecular weight excluding hydrogens is 290 g/mol. The first-order chi connectivity index (χ1) is 9.39. The summed E-state index contributed by atoms with van der Waals surface area (Å²) in [4.78, 5) is 23.8. The summed E-state index contributed by atoms with van der Waals surface area (Å²) >= 11 is 0. The minimum atomic E-state index is -4.23. The molecule has 0 aliphatic carbocycles. The van der Waals surface area contributed by atoms with Crippen LogP contribution in [0.25, 0.3) is 0 Å². The van der Waals surface area contributed by atoms with E-state index in [-0.39, 0.29) is 22.8 Å². The zero-order chi connectivity index (χ0) is 14.9. The van der Waals surface area contributed by atoms with Crippen molar-refractivity contribution in [3.63, 3.8) is 0 Å². The lowest BCUT2D eigenvalue weighted by molar-refractivity contribution is -0.0106. The second-order valence-corrected chi connectivity index (χ2v) is 5.68. The number of nitrogens with zero attached hydrogens (tertiary/aromatic N) is 1.